The van der Waals surface area contributed by atoms with Gasteiger partial charge in [-0.05, 0) is 48.0 Å². The second kappa shape index (κ2) is 9.15. The Bertz CT molecular complexity index is 1710. The third-order valence-electron chi connectivity index (χ3n) is 5.28. The minimum Gasteiger partial charge on any atom is -0.308 e. The lowest BCUT2D eigenvalue weighted by Gasteiger charge is -2.09. The van der Waals surface area contributed by atoms with E-state index in [1.807, 2.05) is 0 Å². The lowest BCUT2D eigenvalue weighted by atomic mass is 10.0. The number of carbonyl (C=O) groups is 1. The van der Waals surface area contributed by atoms with Crippen LogP contribution in [0.5, 0.6) is 0 Å². The van der Waals surface area contributed by atoms with Gasteiger partial charge in [-0.3, -0.25) is 5.10 Å². The molecule has 0 aliphatic heterocycles. The molecule has 12 heteroatoms. The fourth-order valence-corrected chi connectivity index (χ4v) is 4.31. The molecule has 0 saturated carbocycles. The van der Waals surface area contributed by atoms with E-state index in [4.69, 9.17) is 0 Å². The molecule has 180 valence electrons. The number of rotatable bonds is 5. The van der Waals surface area contributed by atoms with Gasteiger partial charge in [-0.2, -0.15) is 15.3 Å². The zero-order valence-corrected chi connectivity index (χ0v) is 19.5. The summed E-state index contributed by atoms with van der Waals surface area (Å²) in [5.41, 5.74) is 3.25. The maximum atomic E-state index is 14.5. The first-order chi connectivity index (χ1) is 17.3. The molecule has 10 nitrogen and oxygen atoms in total. The van der Waals surface area contributed by atoms with Gasteiger partial charge in [0.25, 0.3) is 0 Å². The highest BCUT2D eigenvalue weighted by molar-refractivity contribution is 7.90. The zero-order chi connectivity index (χ0) is 25.3. The van der Waals surface area contributed by atoms with Crippen molar-refractivity contribution in [3.8, 4) is 22.4 Å². The maximum absolute atomic E-state index is 14.5. The van der Waals surface area contributed by atoms with Crippen LogP contribution in [0, 0.1) is 5.82 Å². The number of pyridine rings is 1. The molecule has 3 heterocycles. The van der Waals surface area contributed by atoms with Crippen LogP contribution in [0.2, 0.25) is 0 Å². The summed E-state index contributed by atoms with van der Waals surface area (Å²) in [5.74, 6) is -0.575. The number of aromatic amines is 1. The molecular weight excluding hydrogens is 485 g/mol. The first kappa shape index (κ1) is 23.1. The van der Waals surface area contributed by atoms with Crippen molar-refractivity contribution in [3.05, 3.63) is 79.0 Å². The number of aromatic nitrogens is 5. The summed E-state index contributed by atoms with van der Waals surface area (Å²) in [6.07, 6.45) is 5.55. The van der Waals surface area contributed by atoms with E-state index in [0.717, 1.165) is 6.26 Å². The van der Waals surface area contributed by atoms with Crippen LogP contribution in [-0.2, 0) is 9.84 Å². The van der Waals surface area contributed by atoms with Gasteiger partial charge in [-0.1, -0.05) is 12.1 Å². The molecule has 3 aromatic heterocycles. The Hall–Kier alpha value is -4.71. The van der Waals surface area contributed by atoms with E-state index in [1.54, 1.807) is 42.6 Å². The van der Waals surface area contributed by atoms with Crippen molar-refractivity contribution in [1.29, 1.82) is 0 Å². The van der Waals surface area contributed by atoms with Gasteiger partial charge in [-0.25, -0.2) is 22.6 Å². The Morgan fingerprint density at radius 3 is 2.53 bits per heavy atom. The number of carbonyl (C=O) groups excluding carboxylic acids is 1. The molecule has 0 aliphatic carbocycles. The van der Waals surface area contributed by atoms with Crippen molar-refractivity contribution in [2.45, 2.75) is 4.90 Å². The Kier molecular flexibility index (Phi) is 5.86. The van der Waals surface area contributed by atoms with E-state index in [1.165, 1.54) is 30.6 Å². The van der Waals surface area contributed by atoms with Gasteiger partial charge in [0.2, 0.25) is 0 Å². The molecule has 0 radical (unpaired) electrons. The number of H-pyrrole nitrogens is 1. The summed E-state index contributed by atoms with van der Waals surface area (Å²) in [4.78, 5) is 16.9. The molecule has 0 atom stereocenters. The van der Waals surface area contributed by atoms with Gasteiger partial charge < -0.3 is 10.6 Å². The minimum atomic E-state index is -3.38. The van der Waals surface area contributed by atoms with E-state index in [2.05, 4.69) is 36.0 Å². The number of nitrogens with one attached hydrogen (secondary N) is 3. The predicted molar refractivity (Wildman–Crippen MR) is 133 cm³/mol. The van der Waals surface area contributed by atoms with E-state index < -0.39 is 21.7 Å². The predicted octanol–water partition coefficient (Wildman–Crippen LogP) is 4.27. The third-order valence-corrected chi connectivity index (χ3v) is 6.39. The second-order valence-electron chi connectivity index (χ2n) is 7.93. The molecule has 0 unspecified atom stereocenters. The van der Waals surface area contributed by atoms with E-state index in [-0.39, 0.29) is 10.6 Å². The van der Waals surface area contributed by atoms with Crippen LogP contribution in [0.1, 0.15) is 0 Å². The molecule has 5 aromatic rings. The summed E-state index contributed by atoms with van der Waals surface area (Å²) in [6.45, 7) is 0. The lowest BCUT2D eigenvalue weighted by molar-refractivity contribution is 0.262. The lowest BCUT2D eigenvalue weighted by Crippen LogP contribution is -2.19. The van der Waals surface area contributed by atoms with Gasteiger partial charge in [0.1, 0.15) is 11.5 Å². The second-order valence-corrected chi connectivity index (χ2v) is 9.95. The average Bonchev–Trinajstić information content (AvgIpc) is 3.27. The van der Waals surface area contributed by atoms with Crippen LogP contribution in [0.25, 0.3) is 33.4 Å². The summed E-state index contributed by atoms with van der Waals surface area (Å²) in [7, 11) is -3.38. The largest absolute Gasteiger partial charge is 0.323 e. The van der Waals surface area contributed by atoms with Crippen molar-refractivity contribution in [2.24, 2.45) is 0 Å². The Labute approximate surface area is 204 Å². The highest BCUT2D eigenvalue weighted by Crippen LogP contribution is 2.31. The molecule has 36 heavy (non-hydrogen) atoms. The number of nitrogens with zero attached hydrogens (tertiary/aromatic N) is 4. The van der Waals surface area contributed by atoms with Gasteiger partial charge in [0.15, 0.2) is 15.5 Å². The molecule has 3 N–H and O–H groups in total. The third kappa shape index (κ3) is 4.88. The van der Waals surface area contributed by atoms with E-state index in [0.29, 0.717) is 39.1 Å². The van der Waals surface area contributed by atoms with Gasteiger partial charge >= 0.3 is 6.03 Å². The molecule has 2 amide bonds. The summed E-state index contributed by atoms with van der Waals surface area (Å²) in [5, 5.41) is 20.2. The van der Waals surface area contributed by atoms with Crippen LogP contribution in [-0.4, -0.2) is 46.1 Å². The topological polar surface area (TPSA) is 143 Å². The number of anilines is 2. The van der Waals surface area contributed by atoms with Crippen molar-refractivity contribution in [2.75, 3.05) is 16.9 Å². The van der Waals surface area contributed by atoms with Crippen molar-refractivity contribution in [1.82, 2.24) is 25.4 Å². The van der Waals surface area contributed by atoms with E-state index in [9.17, 15) is 17.6 Å². The van der Waals surface area contributed by atoms with E-state index >= 15 is 0 Å². The fraction of sp³-hybridized carbons (Fsp3) is 0.0417. The Morgan fingerprint density at radius 1 is 0.917 bits per heavy atom. The SMILES string of the molecule is CS(=O)(=O)c1cccc(-c2cnc3[nH]nc(-c4cc(F)cc(NC(=O)Nc5ccnnc5)c4)c3c2)c1. The standard InChI is InChI=1S/C24H18FN7O3S/c1-36(34,35)20-4-2-3-14(9-20)16-10-21-22(31-32-23(21)26-12-16)15-7-17(25)11-19(8-15)30-24(33)29-18-5-6-27-28-13-18/h2-13H,1H3,(H,26,31,32)(H2,27,29,30,33). The molecule has 0 aliphatic rings. The Balaban J connectivity index is 1.49. The monoisotopic (exact) mass is 503 g/mol. The summed E-state index contributed by atoms with van der Waals surface area (Å²) >= 11 is 0. The number of halogens is 1. The van der Waals surface area contributed by atoms with Crippen LogP contribution in [0.3, 0.4) is 0 Å². The summed E-state index contributed by atoms with van der Waals surface area (Å²) in [6, 6.07) is 13.4. The molecule has 0 fully saturated rings. The summed E-state index contributed by atoms with van der Waals surface area (Å²) < 4.78 is 38.4. The van der Waals surface area contributed by atoms with Crippen LogP contribution < -0.4 is 10.6 Å². The molecule has 2 aromatic carbocycles. The number of hydrogen-bond acceptors (Lipinski definition) is 7. The number of amides is 2. The van der Waals surface area contributed by atoms with Gasteiger partial charge in [0, 0.05) is 34.7 Å². The molecular formula is C24H18FN7O3S. The van der Waals surface area contributed by atoms with Gasteiger partial charge in [0.05, 0.1) is 23.0 Å². The van der Waals surface area contributed by atoms with Crippen LogP contribution >= 0.6 is 0 Å². The maximum Gasteiger partial charge on any atom is 0.323 e. The highest BCUT2D eigenvalue weighted by atomic mass is 32.2. The number of benzene rings is 2. The fourth-order valence-electron chi connectivity index (χ4n) is 3.64. The quantitative estimate of drug-likeness (QED) is 0.325. The molecule has 5 rings (SSSR count). The number of fused-ring (bicyclic) bond motifs is 1. The van der Waals surface area contributed by atoms with Gasteiger partial charge in [-0.15, -0.1) is 0 Å². The number of hydrogen-bond donors (Lipinski definition) is 3. The normalized spacial score (nSPS) is 11.4. The molecule has 0 bridgehead atoms. The number of sulfone groups is 1. The number of urea groups is 1. The van der Waals surface area contributed by atoms with Crippen LogP contribution in [0.15, 0.2) is 78.1 Å². The van der Waals surface area contributed by atoms with Crippen molar-refractivity contribution in [3.63, 3.8) is 0 Å². The zero-order valence-electron chi connectivity index (χ0n) is 18.7. The molecule has 0 spiro atoms. The molecule has 0 saturated heterocycles. The minimum absolute atomic E-state index is 0.189. The van der Waals surface area contributed by atoms with Crippen LogP contribution in [0.4, 0.5) is 20.6 Å². The first-order valence-corrected chi connectivity index (χ1v) is 12.5. The first-order valence-electron chi connectivity index (χ1n) is 10.6. The highest BCUT2D eigenvalue weighted by Gasteiger charge is 2.15. The Morgan fingerprint density at radius 2 is 1.75 bits per heavy atom. The van der Waals surface area contributed by atoms with Crippen molar-refractivity contribution < 1.29 is 17.6 Å². The van der Waals surface area contributed by atoms with Crippen molar-refractivity contribution >= 4 is 38.3 Å². The smallest absolute Gasteiger partial charge is 0.308 e. The average molecular weight is 504 g/mol.